The first-order chi connectivity index (χ1) is 7.65. The van der Waals surface area contributed by atoms with Crippen LogP contribution in [-0.2, 0) is 0 Å². The van der Waals surface area contributed by atoms with Gasteiger partial charge in [-0.3, -0.25) is 0 Å². The number of benzene rings is 1. The van der Waals surface area contributed by atoms with Crippen LogP contribution in [0.25, 0.3) is 0 Å². The van der Waals surface area contributed by atoms with Crippen LogP contribution in [-0.4, -0.2) is 4.98 Å². The smallest absolute Gasteiger partial charge is 0.255 e. The fourth-order valence-electron chi connectivity index (χ4n) is 1.12. The molecule has 0 spiro atoms. The Bertz CT molecular complexity index is 519. The Morgan fingerprint density at radius 3 is 2.62 bits per heavy atom. The molecule has 0 aliphatic heterocycles. The zero-order valence-electron chi connectivity index (χ0n) is 7.95. The average Bonchev–Trinajstić information content (AvgIpc) is 2.22. The van der Waals surface area contributed by atoms with Gasteiger partial charge in [-0.25, -0.2) is 9.37 Å². The quantitative estimate of drug-likeness (QED) is 0.796. The van der Waals surface area contributed by atoms with Crippen molar-refractivity contribution in [3.63, 3.8) is 0 Å². The first-order valence-corrected chi connectivity index (χ1v) is 5.98. The normalized spacial score (nSPS) is 10.2. The Morgan fingerprint density at radius 1 is 1.12 bits per heavy atom. The topological polar surface area (TPSA) is 22.1 Å². The molecule has 2 aromatic rings. The predicted octanol–water partition coefficient (Wildman–Crippen LogP) is 4.54. The van der Waals surface area contributed by atoms with E-state index in [4.69, 9.17) is 4.74 Å². The molecule has 0 atom stereocenters. The summed E-state index contributed by atoms with van der Waals surface area (Å²) in [6, 6.07) is 8.44. The van der Waals surface area contributed by atoms with Crippen LogP contribution in [0.5, 0.6) is 11.6 Å². The molecule has 0 aliphatic rings. The van der Waals surface area contributed by atoms with E-state index in [0.717, 1.165) is 4.47 Å². The van der Waals surface area contributed by atoms with Gasteiger partial charge >= 0.3 is 0 Å². The third-order valence-electron chi connectivity index (χ3n) is 1.78. The van der Waals surface area contributed by atoms with Gasteiger partial charge in [0.15, 0.2) is 5.82 Å². The van der Waals surface area contributed by atoms with E-state index in [1.165, 1.54) is 12.3 Å². The summed E-state index contributed by atoms with van der Waals surface area (Å²) in [6.07, 6.45) is 1.48. The van der Waals surface area contributed by atoms with E-state index in [2.05, 4.69) is 36.8 Å². The lowest BCUT2D eigenvalue weighted by Crippen LogP contribution is -1.91. The molecule has 0 N–H and O–H groups in total. The Hall–Kier alpha value is -0.940. The molecule has 0 bridgehead atoms. The summed E-state index contributed by atoms with van der Waals surface area (Å²) in [5, 5.41) is 0. The van der Waals surface area contributed by atoms with Crippen molar-refractivity contribution in [3.8, 4) is 11.6 Å². The molecule has 0 aliphatic carbocycles. The van der Waals surface area contributed by atoms with Crippen LogP contribution in [0.1, 0.15) is 0 Å². The van der Waals surface area contributed by atoms with Crippen molar-refractivity contribution in [1.82, 2.24) is 4.98 Å². The van der Waals surface area contributed by atoms with Gasteiger partial charge in [-0.1, -0.05) is 22.0 Å². The third-order valence-corrected chi connectivity index (χ3v) is 2.71. The van der Waals surface area contributed by atoms with Crippen LogP contribution in [0.15, 0.2) is 45.5 Å². The summed E-state index contributed by atoms with van der Waals surface area (Å²) in [5.74, 6) is -0.0150. The van der Waals surface area contributed by atoms with Gasteiger partial charge in [-0.05, 0) is 40.2 Å². The van der Waals surface area contributed by atoms with E-state index in [-0.39, 0.29) is 5.88 Å². The van der Waals surface area contributed by atoms with E-state index in [1.54, 1.807) is 18.2 Å². The molecule has 0 saturated heterocycles. The molecule has 0 radical (unpaired) electrons. The summed E-state index contributed by atoms with van der Waals surface area (Å²) in [6.45, 7) is 0. The monoisotopic (exact) mass is 345 g/mol. The fourth-order valence-corrected chi connectivity index (χ4v) is 1.80. The third kappa shape index (κ3) is 2.80. The second kappa shape index (κ2) is 4.93. The van der Waals surface area contributed by atoms with Gasteiger partial charge in [0, 0.05) is 15.1 Å². The van der Waals surface area contributed by atoms with Crippen molar-refractivity contribution in [2.45, 2.75) is 0 Å². The average molecular weight is 347 g/mol. The van der Waals surface area contributed by atoms with Gasteiger partial charge < -0.3 is 4.74 Å². The molecule has 82 valence electrons. The van der Waals surface area contributed by atoms with Crippen molar-refractivity contribution < 1.29 is 9.13 Å². The second-order valence-corrected chi connectivity index (χ2v) is 4.83. The number of nitrogens with zero attached hydrogens (tertiary/aromatic N) is 1. The standard InChI is InChI=1S/C11H6Br2FNO/c12-7-2-1-3-9(4-7)16-11-10(14)5-8(13)6-15-11/h1-6H. The van der Waals surface area contributed by atoms with Gasteiger partial charge in [-0.2, -0.15) is 0 Å². The molecular weight excluding hydrogens is 341 g/mol. The molecule has 2 nitrogen and oxygen atoms in total. The summed E-state index contributed by atoms with van der Waals surface area (Å²) in [5.41, 5.74) is 0. The summed E-state index contributed by atoms with van der Waals surface area (Å²) < 4.78 is 20.2. The minimum absolute atomic E-state index is 0.0405. The van der Waals surface area contributed by atoms with Crippen LogP contribution in [0.3, 0.4) is 0 Å². The lowest BCUT2D eigenvalue weighted by atomic mass is 10.3. The maximum absolute atomic E-state index is 13.4. The van der Waals surface area contributed by atoms with E-state index >= 15 is 0 Å². The number of aromatic nitrogens is 1. The van der Waals surface area contributed by atoms with Crippen molar-refractivity contribution in [2.24, 2.45) is 0 Å². The number of pyridine rings is 1. The molecule has 1 aromatic heterocycles. The van der Waals surface area contributed by atoms with Gasteiger partial charge in [0.1, 0.15) is 5.75 Å². The predicted molar refractivity (Wildman–Crippen MR) is 66.1 cm³/mol. The minimum Gasteiger partial charge on any atom is -0.436 e. The summed E-state index contributed by atoms with van der Waals surface area (Å²) >= 11 is 6.43. The zero-order chi connectivity index (χ0) is 11.5. The number of rotatable bonds is 2. The van der Waals surface area contributed by atoms with Crippen molar-refractivity contribution >= 4 is 31.9 Å². The maximum Gasteiger partial charge on any atom is 0.255 e. The van der Waals surface area contributed by atoms with Crippen LogP contribution in [0, 0.1) is 5.82 Å². The van der Waals surface area contributed by atoms with Gasteiger partial charge in [-0.15, -0.1) is 0 Å². The SMILES string of the molecule is Fc1cc(Br)cnc1Oc1cccc(Br)c1. The number of hydrogen-bond donors (Lipinski definition) is 0. The first-order valence-electron chi connectivity index (χ1n) is 4.39. The van der Waals surface area contributed by atoms with Crippen molar-refractivity contribution in [3.05, 3.63) is 51.3 Å². The molecule has 0 unspecified atom stereocenters. The van der Waals surface area contributed by atoms with E-state index in [0.29, 0.717) is 10.2 Å². The molecule has 16 heavy (non-hydrogen) atoms. The highest BCUT2D eigenvalue weighted by Crippen LogP contribution is 2.26. The van der Waals surface area contributed by atoms with Crippen LogP contribution < -0.4 is 4.74 Å². The maximum atomic E-state index is 13.4. The molecular formula is C11H6Br2FNO. The molecule has 0 saturated carbocycles. The van der Waals surface area contributed by atoms with Crippen molar-refractivity contribution in [1.29, 1.82) is 0 Å². The highest BCUT2D eigenvalue weighted by Gasteiger charge is 2.07. The van der Waals surface area contributed by atoms with Gasteiger partial charge in [0.2, 0.25) is 0 Å². The van der Waals surface area contributed by atoms with Crippen LogP contribution >= 0.6 is 31.9 Å². The Balaban J connectivity index is 2.27. The second-order valence-electron chi connectivity index (χ2n) is 3.00. The molecule has 0 fully saturated rings. The lowest BCUT2D eigenvalue weighted by molar-refractivity contribution is 0.422. The molecule has 0 amide bonds. The minimum atomic E-state index is -0.505. The highest BCUT2D eigenvalue weighted by atomic mass is 79.9. The van der Waals surface area contributed by atoms with Crippen LogP contribution in [0.2, 0.25) is 0 Å². The number of hydrogen-bond acceptors (Lipinski definition) is 2. The Kier molecular flexibility index (Phi) is 3.56. The highest BCUT2D eigenvalue weighted by molar-refractivity contribution is 9.10. The zero-order valence-corrected chi connectivity index (χ0v) is 11.1. The summed E-state index contributed by atoms with van der Waals surface area (Å²) in [4.78, 5) is 3.84. The molecule has 1 aromatic carbocycles. The van der Waals surface area contributed by atoms with Gasteiger partial charge in [0.25, 0.3) is 5.88 Å². The van der Waals surface area contributed by atoms with Gasteiger partial charge in [0.05, 0.1) is 0 Å². The molecule has 1 heterocycles. The molecule has 5 heteroatoms. The Morgan fingerprint density at radius 2 is 1.94 bits per heavy atom. The summed E-state index contributed by atoms with van der Waals surface area (Å²) in [7, 11) is 0. The van der Waals surface area contributed by atoms with E-state index in [1.807, 2.05) is 6.07 Å². The first kappa shape index (κ1) is 11.5. The Labute approximate surface area is 109 Å². The fraction of sp³-hybridized carbons (Fsp3) is 0. The van der Waals surface area contributed by atoms with E-state index < -0.39 is 5.82 Å². The molecule has 2 rings (SSSR count). The van der Waals surface area contributed by atoms with Crippen LogP contribution in [0.4, 0.5) is 4.39 Å². The van der Waals surface area contributed by atoms with E-state index in [9.17, 15) is 4.39 Å². The largest absolute Gasteiger partial charge is 0.436 e. The lowest BCUT2D eigenvalue weighted by Gasteiger charge is -2.05. The van der Waals surface area contributed by atoms with Crippen molar-refractivity contribution in [2.75, 3.05) is 0 Å². The number of halogens is 3. The number of ether oxygens (including phenoxy) is 1.